The fraction of sp³-hybridized carbons (Fsp3) is 0.250. The van der Waals surface area contributed by atoms with E-state index in [1.807, 2.05) is 0 Å². The maximum absolute atomic E-state index is 13.6. The van der Waals surface area contributed by atoms with Gasteiger partial charge in [-0.3, -0.25) is 29.0 Å². The van der Waals surface area contributed by atoms with Crippen LogP contribution in [-0.2, 0) is 25.7 Å². The number of rotatable bonds is 11. The summed E-state index contributed by atoms with van der Waals surface area (Å²) in [4.78, 5) is 78.4. The Balaban J connectivity index is 1.29. The summed E-state index contributed by atoms with van der Waals surface area (Å²) in [6.07, 6.45) is 0. The van der Waals surface area contributed by atoms with Gasteiger partial charge in [0.05, 0.1) is 0 Å². The van der Waals surface area contributed by atoms with E-state index in [1.54, 1.807) is 60.7 Å². The molecule has 0 radical (unpaired) electrons. The SMILES string of the molecule is CN(C(=O)NC(C(=O)NC1C(=O)N2C(C(=O)O)=C(CSc3nnnn3CC(N)=O)CS[C@@H]12)c1ccccc1)C(=O)c1ccccc1. The number of tetrazole rings is 1. The third kappa shape index (κ3) is 6.71. The first-order chi connectivity index (χ1) is 22.1. The molecule has 2 aliphatic rings. The quantitative estimate of drug-likeness (QED) is 0.159. The van der Waals surface area contributed by atoms with Crippen LogP contribution < -0.4 is 16.4 Å². The number of primary amides is 1. The van der Waals surface area contributed by atoms with Crippen molar-refractivity contribution in [3.63, 3.8) is 0 Å². The molecule has 3 heterocycles. The van der Waals surface area contributed by atoms with Gasteiger partial charge < -0.3 is 21.5 Å². The van der Waals surface area contributed by atoms with E-state index in [-0.39, 0.29) is 34.5 Å². The molecule has 6 amide bonds. The third-order valence-corrected chi connectivity index (χ3v) is 9.40. The number of β-lactam (4-membered cyclic amide) rings is 1. The normalized spacial score (nSPS) is 17.8. The second-order valence-corrected chi connectivity index (χ2v) is 12.1. The Morgan fingerprint density at radius 3 is 2.43 bits per heavy atom. The summed E-state index contributed by atoms with van der Waals surface area (Å²) in [5, 5.41) is 25.8. The van der Waals surface area contributed by atoms with E-state index >= 15 is 0 Å². The van der Waals surface area contributed by atoms with Gasteiger partial charge in [-0.05, 0) is 33.7 Å². The Hall–Kier alpha value is -5.23. The number of thioether (sulfide) groups is 2. The highest BCUT2D eigenvalue weighted by Crippen LogP contribution is 2.41. The van der Waals surface area contributed by atoms with E-state index < -0.39 is 53.1 Å². The average Bonchev–Trinajstić information content (AvgIpc) is 3.50. The molecule has 2 aromatic carbocycles. The standard InChI is InChI=1S/C28H27N9O7S2/c1-35(23(40)16-10-6-3-7-11-16)27(44)31-19(15-8-4-2-5-9-15)22(39)30-20-24(41)37-21(26(42)43)17(13-45-25(20)37)14-46-28-32-33-34-36(28)12-18(29)38/h2-11,19-20,25H,12-14H2,1H3,(H2,29,38)(H,30,39)(H,31,44)(H,42,43)/t19?,20?,25-/m0/s1. The van der Waals surface area contributed by atoms with Crippen LogP contribution in [0.1, 0.15) is 22.0 Å². The molecule has 3 atom stereocenters. The van der Waals surface area contributed by atoms with Crippen molar-refractivity contribution in [1.82, 2.24) is 40.6 Å². The lowest BCUT2D eigenvalue weighted by Gasteiger charge is -2.49. The van der Waals surface area contributed by atoms with Crippen LogP contribution in [0.25, 0.3) is 0 Å². The smallest absolute Gasteiger partial charge is 0.352 e. The van der Waals surface area contributed by atoms with Crippen LogP contribution in [0.2, 0.25) is 0 Å². The lowest BCUT2D eigenvalue weighted by molar-refractivity contribution is -0.151. The van der Waals surface area contributed by atoms with Crippen molar-refractivity contribution in [2.45, 2.75) is 29.2 Å². The summed E-state index contributed by atoms with van der Waals surface area (Å²) in [7, 11) is 1.28. The van der Waals surface area contributed by atoms with E-state index in [4.69, 9.17) is 5.73 Å². The molecule has 46 heavy (non-hydrogen) atoms. The number of nitrogens with two attached hydrogens (primary N) is 1. The van der Waals surface area contributed by atoms with Crippen molar-refractivity contribution in [2.75, 3.05) is 18.6 Å². The first kappa shape index (κ1) is 32.2. The van der Waals surface area contributed by atoms with Crippen LogP contribution in [-0.4, -0.2) is 101 Å². The van der Waals surface area contributed by atoms with Crippen molar-refractivity contribution in [1.29, 1.82) is 0 Å². The van der Waals surface area contributed by atoms with E-state index in [9.17, 15) is 33.9 Å². The van der Waals surface area contributed by atoms with E-state index in [1.165, 1.54) is 23.5 Å². The minimum atomic E-state index is -1.32. The molecule has 0 saturated carbocycles. The van der Waals surface area contributed by atoms with Gasteiger partial charge in [-0.1, -0.05) is 60.3 Å². The number of nitrogens with one attached hydrogen (secondary N) is 2. The van der Waals surface area contributed by atoms with Gasteiger partial charge >= 0.3 is 12.0 Å². The van der Waals surface area contributed by atoms with Crippen LogP contribution in [0.5, 0.6) is 0 Å². The highest BCUT2D eigenvalue weighted by atomic mass is 32.2. The number of hydrogen-bond donors (Lipinski definition) is 4. The van der Waals surface area contributed by atoms with Gasteiger partial charge in [-0.25, -0.2) is 14.3 Å². The number of hydrogen-bond acceptors (Lipinski definition) is 11. The van der Waals surface area contributed by atoms with E-state index in [0.717, 1.165) is 21.6 Å². The number of aliphatic carboxylic acids is 1. The zero-order valence-electron chi connectivity index (χ0n) is 24.1. The van der Waals surface area contributed by atoms with Crippen molar-refractivity contribution < 1.29 is 33.9 Å². The zero-order valence-corrected chi connectivity index (χ0v) is 25.7. The number of urea groups is 1. The van der Waals surface area contributed by atoms with E-state index in [0.29, 0.717) is 11.1 Å². The first-order valence-corrected chi connectivity index (χ1v) is 15.7. The number of carbonyl (C=O) groups is 6. The topological polar surface area (TPSA) is 223 Å². The summed E-state index contributed by atoms with van der Waals surface area (Å²) in [5.74, 6) is -3.59. The second-order valence-electron chi connectivity index (χ2n) is 10.1. The van der Waals surface area contributed by atoms with Crippen LogP contribution >= 0.6 is 23.5 Å². The minimum absolute atomic E-state index is 0.110. The molecule has 1 aromatic heterocycles. The Morgan fingerprint density at radius 1 is 1.11 bits per heavy atom. The number of amides is 6. The van der Waals surface area contributed by atoms with Crippen LogP contribution in [0.4, 0.5) is 4.79 Å². The predicted octanol–water partition coefficient (Wildman–Crippen LogP) is 0.212. The molecule has 1 fully saturated rings. The molecule has 5 rings (SSSR count). The Labute approximate surface area is 269 Å². The van der Waals surface area contributed by atoms with Crippen LogP contribution in [0.3, 0.4) is 0 Å². The van der Waals surface area contributed by atoms with Crippen LogP contribution in [0.15, 0.2) is 77.1 Å². The number of nitrogens with zero attached hydrogens (tertiary/aromatic N) is 6. The van der Waals surface area contributed by atoms with E-state index in [2.05, 4.69) is 26.2 Å². The maximum atomic E-state index is 13.6. The molecule has 0 spiro atoms. The van der Waals surface area contributed by atoms with Gasteiger partial charge in [0.15, 0.2) is 0 Å². The molecule has 2 unspecified atom stereocenters. The lowest BCUT2D eigenvalue weighted by Crippen LogP contribution is -2.71. The predicted molar refractivity (Wildman–Crippen MR) is 164 cm³/mol. The van der Waals surface area contributed by atoms with Gasteiger partial charge in [-0.2, -0.15) is 0 Å². The third-order valence-electron chi connectivity index (χ3n) is 7.02. The Morgan fingerprint density at radius 2 is 1.78 bits per heavy atom. The molecule has 3 aromatic rings. The molecule has 0 bridgehead atoms. The fourth-order valence-electron chi connectivity index (χ4n) is 4.76. The van der Waals surface area contributed by atoms with Gasteiger partial charge in [0.1, 0.15) is 29.7 Å². The number of fused-ring (bicyclic) bond motifs is 1. The number of carbonyl (C=O) groups excluding carboxylic acids is 5. The molecular weight excluding hydrogens is 638 g/mol. The molecule has 16 nitrogen and oxygen atoms in total. The molecule has 18 heteroatoms. The Bertz CT molecular complexity index is 1720. The van der Waals surface area contributed by atoms with Gasteiger partial charge in [0.25, 0.3) is 11.8 Å². The molecular formula is C28H27N9O7S2. The van der Waals surface area contributed by atoms with Gasteiger partial charge in [0.2, 0.25) is 17.0 Å². The summed E-state index contributed by atoms with van der Waals surface area (Å²) >= 11 is 2.34. The highest BCUT2D eigenvalue weighted by molar-refractivity contribution is 8.01. The van der Waals surface area contributed by atoms with Crippen molar-refractivity contribution in [3.8, 4) is 0 Å². The maximum Gasteiger partial charge on any atom is 0.352 e. The average molecular weight is 666 g/mol. The molecule has 2 aliphatic heterocycles. The molecule has 5 N–H and O–H groups in total. The van der Waals surface area contributed by atoms with Crippen molar-refractivity contribution in [3.05, 3.63) is 83.1 Å². The van der Waals surface area contributed by atoms with Crippen molar-refractivity contribution >= 4 is 59.2 Å². The minimum Gasteiger partial charge on any atom is -0.477 e. The summed E-state index contributed by atoms with van der Waals surface area (Å²) in [6, 6.07) is 13.3. The fourth-order valence-corrected chi connectivity index (χ4v) is 7.12. The van der Waals surface area contributed by atoms with Crippen LogP contribution in [0, 0.1) is 0 Å². The summed E-state index contributed by atoms with van der Waals surface area (Å²) < 4.78 is 1.18. The summed E-state index contributed by atoms with van der Waals surface area (Å²) in [6.45, 7) is -0.257. The first-order valence-electron chi connectivity index (χ1n) is 13.6. The monoisotopic (exact) mass is 665 g/mol. The number of imide groups is 1. The lowest BCUT2D eigenvalue weighted by atomic mass is 10.0. The molecule has 0 aliphatic carbocycles. The number of benzene rings is 2. The Kier molecular flexibility index (Phi) is 9.67. The highest BCUT2D eigenvalue weighted by Gasteiger charge is 2.54. The second kappa shape index (κ2) is 13.8. The summed E-state index contributed by atoms with van der Waals surface area (Å²) in [5.41, 5.74) is 6.10. The van der Waals surface area contributed by atoms with Gasteiger partial charge in [-0.15, -0.1) is 16.9 Å². The van der Waals surface area contributed by atoms with Crippen molar-refractivity contribution in [2.24, 2.45) is 5.73 Å². The van der Waals surface area contributed by atoms with Gasteiger partial charge in [0, 0.05) is 24.1 Å². The number of aromatic nitrogens is 4. The number of carboxylic acid groups (broad SMARTS) is 1. The number of carboxylic acids is 1. The molecule has 238 valence electrons. The molecule has 1 saturated heterocycles. The largest absolute Gasteiger partial charge is 0.477 e. The zero-order chi connectivity index (χ0) is 33.0.